The van der Waals surface area contributed by atoms with Gasteiger partial charge in [-0.05, 0) is 17.7 Å². The van der Waals surface area contributed by atoms with E-state index in [4.69, 9.17) is 4.74 Å². The molecule has 4 nitrogen and oxygen atoms in total. The number of hydrogen-bond donors (Lipinski definition) is 1. The van der Waals surface area contributed by atoms with E-state index in [0.29, 0.717) is 11.5 Å². The Balaban J connectivity index is 2.33. The van der Waals surface area contributed by atoms with Crippen molar-refractivity contribution in [2.75, 3.05) is 0 Å². The highest BCUT2D eigenvalue weighted by Crippen LogP contribution is 2.28. The van der Waals surface area contributed by atoms with E-state index in [9.17, 15) is 9.90 Å². The average Bonchev–Trinajstić information content (AvgIpc) is 2.53. The maximum absolute atomic E-state index is 11.4. The summed E-state index contributed by atoms with van der Waals surface area (Å²) in [7, 11) is 0. The number of aliphatic imine (C=N–C) groups is 1. The number of cyclic esters (lactones) is 1. The van der Waals surface area contributed by atoms with Crippen molar-refractivity contribution in [3.8, 4) is 0 Å². The highest BCUT2D eigenvalue weighted by molar-refractivity contribution is 9.12. The van der Waals surface area contributed by atoms with E-state index in [0.717, 1.165) is 4.48 Å². The number of aliphatic hydroxyl groups is 1. The highest BCUT2D eigenvalue weighted by atomic mass is 79.9. The first-order valence-corrected chi connectivity index (χ1v) is 6.58. The number of nitrogens with zero attached hydrogens (tertiary/aromatic N) is 1. The van der Waals surface area contributed by atoms with E-state index < -0.39 is 12.1 Å². The van der Waals surface area contributed by atoms with Gasteiger partial charge in [0.2, 0.25) is 0 Å². The third-order valence-corrected chi connectivity index (χ3v) is 3.56. The molecule has 0 aromatic heterocycles. The van der Waals surface area contributed by atoms with E-state index in [1.54, 1.807) is 13.0 Å². The van der Waals surface area contributed by atoms with Gasteiger partial charge in [-0.1, -0.05) is 37.9 Å². The predicted octanol–water partition coefficient (Wildman–Crippen LogP) is 2.19. The number of carbonyl (C=O) groups excluding carboxylic acids is 1. The molecule has 2 aliphatic rings. The molecule has 1 heterocycles. The van der Waals surface area contributed by atoms with E-state index in [-0.39, 0.29) is 10.5 Å². The molecule has 0 radical (unpaired) electrons. The molecule has 2 atom stereocenters. The SMILES string of the molecule is CC1=NC(=CC2=CC(Br)=CC(Br)C2O)C(=O)O1. The molecule has 0 fully saturated rings. The molecule has 1 N–H and O–H groups in total. The van der Waals surface area contributed by atoms with Gasteiger partial charge < -0.3 is 9.84 Å². The minimum Gasteiger partial charge on any atom is -0.407 e. The number of halogens is 2. The number of rotatable bonds is 1. The van der Waals surface area contributed by atoms with Crippen molar-refractivity contribution in [3.63, 3.8) is 0 Å². The van der Waals surface area contributed by atoms with Gasteiger partial charge in [0.1, 0.15) is 0 Å². The third-order valence-electron chi connectivity index (χ3n) is 2.30. The molecule has 0 bridgehead atoms. The van der Waals surface area contributed by atoms with Gasteiger partial charge in [0, 0.05) is 11.4 Å². The zero-order chi connectivity index (χ0) is 12.6. The Morgan fingerprint density at radius 1 is 1.59 bits per heavy atom. The summed E-state index contributed by atoms with van der Waals surface area (Å²) in [5, 5.41) is 9.94. The normalized spacial score (nSPS) is 30.9. The van der Waals surface area contributed by atoms with Crippen molar-refractivity contribution >= 4 is 43.7 Å². The van der Waals surface area contributed by atoms with Crippen molar-refractivity contribution in [1.29, 1.82) is 0 Å². The number of hydrogen-bond acceptors (Lipinski definition) is 4. The molecule has 0 amide bonds. The molecule has 1 aliphatic carbocycles. The van der Waals surface area contributed by atoms with Crippen LogP contribution in [0.2, 0.25) is 0 Å². The lowest BCUT2D eigenvalue weighted by atomic mass is 10.0. The van der Waals surface area contributed by atoms with Crippen molar-refractivity contribution in [2.24, 2.45) is 4.99 Å². The van der Waals surface area contributed by atoms with Crippen LogP contribution in [0.25, 0.3) is 0 Å². The van der Waals surface area contributed by atoms with Crippen LogP contribution in [0.15, 0.2) is 39.0 Å². The van der Waals surface area contributed by atoms with Gasteiger partial charge in [0.25, 0.3) is 0 Å². The van der Waals surface area contributed by atoms with Crippen molar-refractivity contribution in [1.82, 2.24) is 0 Å². The zero-order valence-electron chi connectivity index (χ0n) is 8.85. The Hall–Kier alpha value is -0.720. The number of alkyl halides is 1. The molecule has 0 saturated heterocycles. The number of ether oxygens (including phenoxy) is 1. The van der Waals surface area contributed by atoms with Crippen LogP contribution < -0.4 is 0 Å². The second-order valence-electron chi connectivity index (χ2n) is 3.64. The predicted molar refractivity (Wildman–Crippen MR) is 71.1 cm³/mol. The Morgan fingerprint density at radius 3 is 2.88 bits per heavy atom. The number of aliphatic hydroxyl groups excluding tert-OH is 1. The minimum absolute atomic E-state index is 0.198. The fourth-order valence-corrected chi connectivity index (χ4v) is 3.01. The number of esters is 1. The first kappa shape index (κ1) is 12.7. The molecule has 0 spiro atoms. The number of allylic oxidation sites excluding steroid dienone is 2. The van der Waals surface area contributed by atoms with E-state index in [2.05, 4.69) is 36.9 Å². The molecule has 0 aromatic carbocycles. The van der Waals surface area contributed by atoms with Gasteiger partial charge in [-0.15, -0.1) is 0 Å². The van der Waals surface area contributed by atoms with Crippen LogP contribution in [0.4, 0.5) is 0 Å². The molecular formula is C11H9Br2NO3. The smallest absolute Gasteiger partial charge is 0.363 e. The van der Waals surface area contributed by atoms with Crippen LogP contribution in [-0.2, 0) is 9.53 Å². The van der Waals surface area contributed by atoms with E-state index >= 15 is 0 Å². The molecular weight excluding hydrogens is 354 g/mol. The summed E-state index contributed by atoms with van der Waals surface area (Å²) in [5.41, 5.74) is 0.807. The van der Waals surface area contributed by atoms with E-state index in [1.807, 2.05) is 6.08 Å². The van der Waals surface area contributed by atoms with Crippen LogP contribution in [0, 0.1) is 0 Å². The lowest BCUT2D eigenvalue weighted by Gasteiger charge is -2.20. The Labute approximate surface area is 115 Å². The van der Waals surface area contributed by atoms with Crippen molar-refractivity contribution in [2.45, 2.75) is 17.9 Å². The Morgan fingerprint density at radius 2 is 2.29 bits per heavy atom. The molecule has 90 valence electrons. The largest absolute Gasteiger partial charge is 0.407 e. The van der Waals surface area contributed by atoms with Crippen molar-refractivity contribution in [3.05, 3.63) is 34.0 Å². The van der Waals surface area contributed by atoms with Crippen LogP contribution in [0.5, 0.6) is 0 Å². The van der Waals surface area contributed by atoms with Gasteiger partial charge >= 0.3 is 5.97 Å². The van der Waals surface area contributed by atoms with Crippen LogP contribution in [0.3, 0.4) is 0 Å². The quantitative estimate of drug-likeness (QED) is 0.442. The van der Waals surface area contributed by atoms with Gasteiger partial charge in [-0.25, -0.2) is 9.79 Å². The Kier molecular flexibility index (Phi) is 3.65. The second kappa shape index (κ2) is 4.88. The zero-order valence-corrected chi connectivity index (χ0v) is 12.0. The van der Waals surface area contributed by atoms with E-state index in [1.165, 1.54) is 6.08 Å². The second-order valence-corrected chi connectivity index (χ2v) is 5.61. The monoisotopic (exact) mass is 361 g/mol. The molecule has 2 unspecified atom stereocenters. The summed E-state index contributed by atoms with van der Waals surface area (Å²) in [6.45, 7) is 1.60. The van der Waals surface area contributed by atoms with Gasteiger partial charge in [0.15, 0.2) is 11.6 Å². The fourth-order valence-electron chi connectivity index (χ4n) is 1.52. The highest BCUT2D eigenvalue weighted by Gasteiger charge is 2.25. The Bertz CT molecular complexity index is 491. The molecule has 1 aliphatic heterocycles. The fraction of sp³-hybridized carbons (Fsp3) is 0.273. The van der Waals surface area contributed by atoms with Gasteiger partial charge in [-0.3, -0.25) is 0 Å². The number of carbonyl (C=O) groups is 1. The van der Waals surface area contributed by atoms with Crippen LogP contribution in [0.1, 0.15) is 6.92 Å². The first-order valence-electron chi connectivity index (χ1n) is 4.87. The third kappa shape index (κ3) is 2.75. The maximum Gasteiger partial charge on any atom is 0.363 e. The summed E-state index contributed by atoms with van der Waals surface area (Å²) in [5.74, 6) is -0.176. The first-order chi connectivity index (χ1) is 7.97. The summed E-state index contributed by atoms with van der Waals surface area (Å²) in [4.78, 5) is 15.1. The lowest BCUT2D eigenvalue weighted by Crippen LogP contribution is -2.23. The summed E-state index contributed by atoms with van der Waals surface area (Å²) < 4.78 is 5.64. The standard InChI is InChI=1S/C11H9Br2NO3/c1-5-14-9(11(16)17-5)3-6-2-7(12)4-8(13)10(6)15/h2-4,8,10,15H,1H3. The van der Waals surface area contributed by atoms with Crippen LogP contribution in [-0.4, -0.2) is 27.9 Å². The molecule has 6 heteroatoms. The molecule has 0 saturated carbocycles. The average molecular weight is 363 g/mol. The minimum atomic E-state index is -0.715. The lowest BCUT2D eigenvalue weighted by molar-refractivity contribution is -0.130. The molecule has 2 rings (SSSR count). The molecule has 17 heavy (non-hydrogen) atoms. The van der Waals surface area contributed by atoms with Gasteiger partial charge in [-0.2, -0.15) is 0 Å². The topological polar surface area (TPSA) is 58.9 Å². The maximum atomic E-state index is 11.4. The van der Waals surface area contributed by atoms with Crippen molar-refractivity contribution < 1.29 is 14.6 Å². The van der Waals surface area contributed by atoms with Gasteiger partial charge in [0.05, 0.1) is 10.9 Å². The summed E-state index contributed by atoms with van der Waals surface area (Å²) in [6.07, 6.45) is 4.39. The summed E-state index contributed by atoms with van der Waals surface area (Å²) in [6, 6.07) is 0. The molecule has 0 aromatic rings. The van der Waals surface area contributed by atoms with Crippen LogP contribution >= 0.6 is 31.9 Å². The summed E-state index contributed by atoms with van der Waals surface area (Å²) >= 11 is 6.67.